The van der Waals surface area contributed by atoms with Crippen molar-refractivity contribution in [2.24, 2.45) is 17.8 Å². The van der Waals surface area contributed by atoms with Crippen LogP contribution in [0.25, 0.3) is 43.4 Å². The number of phenols is 1. The van der Waals surface area contributed by atoms with Crippen LogP contribution in [0.4, 0.5) is 22.0 Å². The van der Waals surface area contributed by atoms with Crippen molar-refractivity contribution in [3.63, 3.8) is 0 Å². The third kappa shape index (κ3) is 10.4. The zero-order valence-corrected chi connectivity index (χ0v) is 48.4. The number of anilines is 3. The number of halogens is 1. The number of aliphatic hydroxyl groups excluding tert-OH is 1. The van der Waals surface area contributed by atoms with E-state index in [0.717, 1.165) is 128 Å². The number of likely N-dealkylation sites (tertiary alicyclic amines) is 1. The minimum atomic E-state index is -1.57. The number of rotatable bonds is 17. The summed E-state index contributed by atoms with van der Waals surface area (Å²) in [5.41, 5.74) is 4.53. The molecule has 5 N–H and O–H groups in total. The van der Waals surface area contributed by atoms with Gasteiger partial charge in [0.1, 0.15) is 28.5 Å². The summed E-state index contributed by atoms with van der Waals surface area (Å²) in [6.45, 7) is 18.2. The van der Waals surface area contributed by atoms with Gasteiger partial charge in [0.05, 0.1) is 33.6 Å². The molecule has 430 valence electrons. The number of nitrogens with one attached hydrogen (secondary N) is 3. The maximum absolute atomic E-state index is 17.3. The van der Waals surface area contributed by atoms with Gasteiger partial charge in [-0.2, -0.15) is 4.98 Å². The minimum absolute atomic E-state index is 0.00631. The number of β-amino-alcohol motifs (C(OH)–C–C–N with tert-alkyl or cyclic N) is 1. The molecule has 0 aliphatic carbocycles. The van der Waals surface area contributed by atoms with E-state index in [0.29, 0.717) is 52.5 Å². The quantitative estimate of drug-likeness (QED) is 0.0543. The van der Waals surface area contributed by atoms with Crippen LogP contribution in [-0.4, -0.2) is 141 Å². The first-order valence-corrected chi connectivity index (χ1v) is 30.6. The number of aliphatic hydroxyl groups is 1. The van der Waals surface area contributed by atoms with Crippen LogP contribution in [0.15, 0.2) is 76.9 Å². The number of aromatic nitrogens is 5. The Labute approximate surface area is 482 Å². The Kier molecular flexibility index (Phi) is 14.5. The number of hydrogen-bond acceptors (Lipinski definition) is 17. The normalized spacial score (nSPS) is 23.2. The van der Waals surface area contributed by atoms with E-state index in [4.69, 9.17) is 19.5 Å². The molecule has 6 aliphatic rings. The third-order valence-corrected chi connectivity index (χ3v) is 19.8. The number of hydrogen-bond donors (Lipinski definition) is 5. The summed E-state index contributed by atoms with van der Waals surface area (Å²) in [5, 5.41) is 38.2. The molecule has 10 heterocycles. The number of amides is 1. The number of fused-ring (bicyclic) bond motifs is 4. The van der Waals surface area contributed by atoms with Gasteiger partial charge in [-0.3, -0.25) is 19.9 Å². The van der Waals surface area contributed by atoms with Crippen LogP contribution >= 0.6 is 11.3 Å². The van der Waals surface area contributed by atoms with Gasteiger partial charge in [0.25, 0.3) is 0 Å². The number of ketones is 1. The number of nitrogens with zero attached hydrogens (tertiary/aromatic N) is 9. The van der Waals surface area contributed by atoms with Gasteiger partial charge < -0.3 is 45.0 Å². The molecule has 6 saturated heterocycles. The fraction of sp³-hybridized carbons (Fsp3) is 0.508. The molecule has 0 spiro atoms. The van der Waals surface area contributed by atoms with E-state index < -0.39 is 28.8 Å². The summed E-state index contributed by atoms with van der Waals surface area (Å²) < 4.78 is 23.2. The van der Waals surface area contributed by atoms with Crippen LogP contribution in [0.3, 0.4) is 0 Å². The van der Waals surface area contributed by atoms with E-state index in [1.54, 1.807) is 29.7 Å². The molecule has 7 aromatic rings. The first-order valence-electron chi connectivity index (χ1n) is 29.7. The van der Waals surface area contributed by atoms with Crippen molar-refractivity contribution in [1.82, 2.24) is 45.9 Å². The van der Waals surface area contributed by atoms with E-state index >= 15 is 4.39 Å². The molecule has 3 aromatic carbocycles. The summed E-state index contributed by atoms with van der Waals surface area (Å²) >= 11 is 1.59. The summed E-state index contributed by atoms with van der Waals surface area (Å²) in [7, 11) is 0. The monoisotopic (exact) mass is 1130 g/mol. The van der Waals surface area contributed by atoms with Crippen LogP contribution < -0.4 is 30.7 Å². The second kappa shape index (κ2) is 21.8. The minimum Gasteiger partial charge on any atom is -0.508 e. The molecule has 4 aromatic heterocycles. The van der Waals surface area contributed by atoms with E-state index in [9.17, 15) is 19.8 Å². The number of aromatic hydroxyl groups is 1. The zero-order valence-electron chi connectivity index (χ0n) is 47.6. The molecular formula is C63H75FN12O5S. The van der Waals surface area contributed by atoms with Crippen molar-refractivity contribution in [3.8, 4) is 27.4 Å². The SMILES string of the molecule is CCc1cccc2cc(O)cc(-c3ncc4c(N5CC6CCC(C5)N6)nc(N5CC(CN6CCC(CC7CN(c8cc(C(C)(C)CC(=O)[C@@]9(C(=O)N[C@@H](C)c%10ccc(-c%11scnc%11C)cc%10)CC(O)CN9)on8)C7)CC6)C5)nc4c3F)c12. The number of piperidine rings is 1. The Morgan fingerprint density at radius 3 is 2.39 bits per heavy atom. The molecule has 6 aliphatic heterocycles. The molecule has 82 heavy (non-hydrogen) atoms. The van der Waals surface area contributed by atoms with E-state index in [2.05, 4.69) is 58.7 Å². The maximum Gasteiger partial charge on any atom is 0.248 e. The lowest BCUT2D eigenvalue weighted by atomic mass is 9.77. The largest absolute Gasteiger partial charge is 0.508 e. The molecule has 13 rings (SSSR count). The van der Waals surface area contributed by atoms with Gasteiger partial charge in [-0.25, -0.2) is 14.4 Å². The molecular weight excluding hydrogens is 1060 g/mol. The summed E-state index contributed by atoms with van der Waals surface area (Å²) in [5.74, 6) is 3.19. The van der Waals surface area contributed by atoms with Crippen LogP contribution in [0.1, 0.15) is 101 Å². The Hall–Kier alpha value is -6.64. The fourth-order valence-electron chi connectivity index (χ4n) is 14.1. The molecule has 5 atom stereocenters. The van der Waals surface area contributed by atoms with Crippen molar-refractivity contribution in [2.75, 3.05) is 80.1 Å². The standard InChI is InChI=1S/C63H75FN12O5S/c1-6-41-8-7-9-44-21-47(77)22-49(54(41)44)56-55(64)57-50(27-65-56)59(75-33-45-14-15-46(34-75)69-45)71-61(70-57)76-31-40(32-76)28-73-18-16-38(17-19-73)20-39-29-74(30-39)53-23-52(81-72-53)62(4,5)25-51(79)63(24-48(78)26-67-63)60(80)68-36(2)42-10-12-43(13-11-42)58-37(3)66-35-82-58/h7-13,21-23,27,35-36,38-40,45-46,48,67,69,77-78H,6,14-20,24-26,28-34H2,1-5H3,(H,68,80)/t36-,45?,46?,48?,63+/m0/s1. The van der Waals surface area contributed by atoms with E-state index in [-0.39, 0.29) is 48.2 Å². The summed E-state index contributed by atoms with van der Waals surface area (Å²) in [6, 6.07) is 19.7. The molecule has 2 bridgehead atoms. The van der Waals surface area contributed by atoms with Gasteiger partial charge in [0, 0.05) is 106 Å². The van der Waals surface area contributed by atoms with Crippen molar-refractivity contribution < 1.29 is 28.7 Å². The second-order valence-corrected chi connectivity index (χ2v) is 26.1. The van der Waals surface area contributed by atoms with Crippen molar-refractivity contribution >= 4 is 62.3 Å². The smallest absolute Gasteiger partial charge is 0.248 e. The lowest BCUT2D eigenvalue weighted by molar-refractivity contribution is -0.138. The third-order valence-electron chi connectivity index (χ3n) is 18.8. The number of benzene rings is 3. The number of Topliss-reactive ketones (excluding diaryl/α,β-unsaturated/α-hetero) is 1. The van der Waals surface area contributed by atoms with Crippen LogP contribution in [0.5, 0.6) is 5.75 Å². The van der Waals surface area contributed by atoms with Crippen LogP contribution in [0.2, 0.25) is 0 Å². The van der Waals surface area contributed by atoms with Gasteiger partial charge in [-0.1, -0.05) is 68.4 Å². The molecule has 0 saturated carbocycles. The van der Waals surface area contributed by atoms with Gasteiger partial charge in [0.15, 0.2) is 23.0 Å². The Bertz CT molecular complexity index is 3520. The van der Waals surface area contributed by atoms with Crippen LogP contribution in [-0.2, 0) is 21.4 Å². The number of carbonyl (C=O) groups excluding carboxylic acids is 2. The first-order chi connectivity index (χ1) is 39.6. The number of phenolic OH excluding ortho intramolecular Hbond substituents is 1. The number of piperazine rings is 1. The van der Waals surface area contributed by atoms with Crippen molar-refractivity contribution in [3.05, 3.63) is 101 Å². The maximum atomic E-state index is 17.3. The highest BCUT2D eigenvalue weighted by molar-refractivity contribution is 7.13. The number of aryl methyl sites for hydroxylation is 2. The second-order valence-electron chi connectivity index (χ2n) is 25.2. The fourth-order valence-corrected chi connectivity index (χ4v) is 14.9. The van der Waals surface area contributed by atoms with Crippen LogP contribution in [0, 0.1) is 30.5 Å². The predicted octanol–water partition coefficient (Wildman–Crippen LogP) is 8.49. The Morgan fingerprint density at radius 1 is 0.927 bits per heavy atom. The molecule has 3 unspecified atom stereocenters. The Balaban J connectivity index is 0.599. The number of carbonyl (C=O) groups is 2. The van der Waals surface area contributed by atoms with E-state index in [1.807, 2.05) is 75.7 Å². The first kappa shape index (κ1) is 54.6. The lowest BCUT2D eigenvalue weighted by Gasteiger charge is -2.45. The van der Waals surface area contributed by atoms with Gasteiger partial charge in [0.2, 0.25) is 11.9 Å². The molecule has 0 radical (unpaired) electrons. The number of thiazole rings is 1. The molecule has 19 heteroatoms. The van der Waals surface area contributed by atoms with Crippen molar-refractivity contribution in [1.29, 1.82) is 0 Å². The highest BCUT2D eigenvalue weighted by Gasteiger charge is 2.52. The lowest BCUT2D eigenvalue weighted by Crippen LogP contribution is -2.60. The van der Waals surface area contributed by atoms with Gasteiger partial charge in [-0.05, 0) is 117 Å². The van der Waals surface area contributed by atoms with Gasteiger partial charge in [-0.15, -0.1) is 11.3 Å². The number of pyridine rings is 1. The Morgan fingerprint density at radius 2 is 1.68 bits per heavy atom. The van der Waals surface area contributed by atoms with Gasteiger partial charge >= 0.3 is 0 Å². The topological polar surface area (TPSA) is 201 Å². The average molecular weight is 1130 g/mol. The van der Waals surface area contributed by atoms with E-state index in [1.165, 1.54) is 19.3 Å². The van der Waals surface area contributed by atoms with Crippen molar-refractivity contribution in [2.45, 2.75) is 121 Å². The molecule has 17 nitrogen and oxygen atoms in total. The predicted molar refractivity (Wildman–Crippen MR) is 318 cm³/mol. The summed E-state index contributed by atoms with van der Waals surface area (Å²) in [6.07, 6.45) is 7.43. The molecule has 1 amide bonds. The highest BCUT2D eigenvalue weighted by Crippen LogP contribution is 2.42. The zero-order chi connectivity index (χ0) is 56.6. The average Bonchev–Trinajstić information content (AvgIpc) is 3.44. The molecule has 6 fully saturated rings. The highest BCUT2D eigenvalue weighted by atomic mass is 32.1. The summed E-state index contributed by atoms with van der Waals surface area (Å²) in [4.78, 5) is 58.3.